The van der Waals surface area contributed by atoms with Gasteiger partial charge in [-0.2, -0.15) is 0 Å². The van der Waals surface area contributed by atoms with Crippen molar-refractivity contribution < 1.29 is 54.2 Å². The molecule has 1 aliphatic heterocycles. The van der Waals surface area contributed by atoms with E-state index in [1.54, 1.807) is 46.1 Å². The monoisotopic (exact) mass is 718 g/mol. The van der Waals surface area contributed by atoms with E-state index in [9.17, 15) is 28.3 Å². The van der Waals surface area contributed by atoms with Crippen LogP contribution in [0.25, 0.3) is 0 Å². The van der Waals surface area contributed by atoms with Crippen molar-refractivity contribution in [3.8, 4) is 0 Å². The van der Waals surface area contributed by atoms with Gasteiger partial charge < -0.3 is 4.90 Å². The molecule has 1 atom stereocenters. The van der Waals surface area contributed by atoms with E-state index in [4.69, 9.17) is 4.74 Å². The maximum absolute atomic E-state index is 14.0. The van der Waals surface area contributed by atoms with E-state index in [1.807, 2.05) is 4.08 Å². The molecule has 0 saturated heterocycles. The Labute approximate surface area is 244 Å². The van der Waals surface area contributed by atoms with E-state index in [-0.39, 0.29) is 41.1 Å². The van der Waals surface area contributed by atoms with Crippen LogP contribution in [0.1, 0.15) is 34.8 Å². The Bertz CT molecular complexity index is 1350. The first-order chi connectivity index (χ1) is 18.4. The average Bonchev–Trinajstić information content (AvgIpc) is 2.98. The van der Waals surface area contributed by atoms with Gasteiger partial charge in [-0.25, -0.2) is 0 Å². The summed E-state index contributed by atoms with van der Waals surface area (Å²) in [4.78, 5) is 40.9. The number of aliphatic hydroxyl groups is 1. The number of carbonyl (C=O) groups is 3. The molecule has 1 unspecified atom stereocenters. The van der Waals surface area contributed by atoms with E-state index < -0.39 is 50.8 Å². The Morgan fingerprint density at radius 2 is 1.90 bits per heavy atom. The zero-order valence-corrected chi connectivity index (χ0v) is 25.5. The van der Waals surface area contributed by atoms with Gasteiger partial charge in [-0.3, -0.25) is 4.79 Å². The molecule has 3 rings (SSSR count). The molecule has 39 heavy (non-hydrogen) atoms. The van der Waals surface area contributed by atoms with Gasteiger partial charge in [0.15, 0.2) is 0 Å². The van der Waals surface area contributed by atoms with Gasteiger partial charge in [0.25, 0.3) is 0 Å². The zero-order chi connectivity index (χ0) is 28.9. The van der Waals surface area contributed by atoms with Gasteiger partial charge in [0, 0.05) is 14.1 Å². The first-order valence-electron chi connectivity index (χ1n) is 11.8. The number of amides is 3. The molecule has 0 fully saturated rings. The van der Waals surface area contributed by atoms with E-state index >= 15 is 0 Å². The number of carbonyl (C=O) groups excluding carboxylic acids is 3. The van der Waals surface area contributed by atoms with Gasteiger partial charge in [-0.1, -0.05) is 0 Å². The van der Waals surface area contributed by atoms with Crippen LogP contribution in [0.2, 0.25) is 0 Å². The minimum atomic E-state index is -1.04. The number of anilines is 1. The number of nitrogens with one attached hydrogen (secondary N) is 1. The summed E-state index contributed by atoms with van der Waals surface area (Å²) in [6.45, 7) is 3.29. The number of nitrogens with zero attached hydrogens (tertiary/aromatic N) is 2. The van der Waals surface area contributed by atoms with E-state index in [0.717, 1.165) is 17.7 Å². The Morgan fingerprint density at radius 3 is 2.56 bits per heavy atom. The molecule has 0 saturated carbocycles. The molecule has 1 heterocycles. The normalized spacial score (nSPS) is 14.7. The van der Waals surface area contributed by atoms with Crippen molar-refractivity contribution in [2.24, 2.45) is 0 Å². The molecule has 2 N–H and O–H groups in total. The summed E-state index contributed by atoms with van der Waals surface area (Å²) in [5.74, 6) is -2.58. The molecular formula is C27H28BrF2IN3O5-. The third-order valence-electron chi connectivity index (χ3n) is 5.72. The second-order valence-electron chi connectivity index (χ2n) is 8.97. The molecule has 8 nitrogen and oxygen atoms in total. The van der Waals surface area contributed by atoms with Gasteiger partial charge in [0.05, 0.1) is 0 Å². The molecule has 210 valence electrons. The van der Waals surface area contributed by atoms with Crippen molar-refractivity contribution >= 4 is 39.3 Å². The second kappa shape index (κ2) is 13.5. The molecule has 0 radical (unpaired) electrons. The van der Waals surface area contributed by atoms with Crippen LogP contribution in [0, 0.1) is 18.6 Å². The van der Waals surface area contributed by atoms with Crippen molar-refractivity contribution in [1.29, 1.82) is 0 Å². The summed E-state index contributed by atoms with van der Waals surface area (Å²) >= 11 is 2.42. The van der Waals surface area contributed by atoms with Crippen molar-refractivity contribution in [2.75, 3.05) is 25.5 Å². The van der Waals surface area contributed by atoms with Crippen LogP contribution in [0.3, 0.4) is 0 Å². The number of rotatable bonds is 9. The number of benzene rings is 2. The number of ether oxygens (including phenoxy) is 1. The summed E-state index contributed by atoms with van der Waals surface area (Å²) < 4.78 is 35.5. The third kappa shape index (κ3) is 7.85. The first-order valence-corrected chi connectivity index (χ1v) is 14.9. The molecule has 3 amide bonds. The fourth-order valence-corrected chi connectivity index (χ4v) is 6.23. The number of hydrogen-bond acceptors (Lipinski definition) is 5. The van der Waals surface area contributed by atoms with Gasteiger partial charge in [0.2, 0.25) is 0 Å². The van der Waals surface area contributed by atoms with Crippen LogP contribution in [-0.4, -0.2) is 54.5 Å². The van der Waals surface area contributed by atoms with Gasteiger partial charge >= 0.3 is 221 Å². The molecule has 0 bridgehead atoms. The predicted octanol–water partition coefficient (Wildman–Crippen LogP) is 0.920. The number of halogens is 4. The van der Waals surface area contributed by atoms with E-state index in [2.05, 4.69) is 21.2 Å². The summed E-state index contributed by atoms with van der Waals surface area (Å²) in [6, 6.07) is 8.11. The molecule has 12 heteroatoms. The fourth-order valence-electron chi connectivity index (χ4n) is 3.50. The number of aryl methyl sites for hydroxylation is 1. The van der Waals surface area contributed by atoms with Crippen molar-refractivity contribution in [2.45, 2.75) is 33.0 Å². The number of allylic oxidation sites excluding steroid dienone is 1. The summed E-state index contributed by atoms with van der Waals surface area (Å²) in [6.07, 6.45) is -1.17. The van der Waals surface area contributed by atoms with Gasteiger partial charge in [-0.05, 0) is 0 Å². The van der Waals surface area contributed by atoms with Crippen LogP contribution in [0.5, 0.6) is 0 Å². The quantitative estimate of drug-likeness (QED) is 0.376. The molecule has 0 spiro atoms. The standard InChI is InChI=1S/C27H28BrF2IN3O5/c1-15-5-6-17(26(37)32-13-20(35)11-23(36)33(3)4)9-22(15)34-16(2)12-31-25(24(28)27(34)38)39-14-18-7-8-19(29)10-21(18)30/h5-10,12,20,35H,11,13-14H2,1-4H3,(H,32,37)/q-1. The van der Waals surface area contributed by atoms with Crippen molar-refractivity contribution in [1.82, 2.24) is 10.2 Å². The van der Waals surface area contributed by atoms with Crippen LogP contribution in [0.4, 0.5) is 14.5 Å². The van der Waals surface area contributed by atoms with Crippen LogP contribution in [-0.2, 0) is 20.9 Å². The number of hydrogen-bond donors (Lipinski definition) is 2. The van der Waals surface area contributed by atoms with Crippen LogP contribution >= 0.6 is 15.9 Å². The summed E-state index contributed by atoms with van der Waals surface area (Å²) in [5.41, 5.74) is 2.28. The molecule has 2 aromatic carbocycles. The topological polar surface area (TPSA) is 99.2 Å². The Morgan fingerprint density at radius 1 is 1.18 bits per heavy atom. The summed E-state index contributed by atoms with van der Waals surface area (Å²) in [7, 11) is 3.16. The van der Waals surface area contributed by atoms with Gasteiger partial charge in [-0.15, -0.1) is 0 Å². The predicted molar refractivity (Wildman–Crippen MR) is 141 cm³/mol. The molecular weight excluding hydrogens is 691 g/mol. The Hall–Kier alpha value is -2.84. The summed E-state index contributed by atoms with van der Waals surface area (Å²) in [5, 5.41) is 12.7. The average molecular weight is 719 g/mol. The third-order valence-corrected chi connectivity index (χ3v) is 9.79. The Kier molecular flexibility index (Phi) is 10.6. The Balaban J connectivity index is 1.78. The molecule has 0 aromatic heterocycles. The van der Waals surface area contributed by atoms with Gasteiger partial charge in [0.1, 0.15) is 0 Å². The van der Waals surface area contributed by atoms with Crippen LogP contribution in [0.15, 0.2) is 54.4 Å². The van der Waals surface area contributed by atoms with Crippen LogP contribution < -0.4 is 31.4 Å². The maximum atomic E-state index is 14.0. The zero-order valence-electron chi connectivity index (χ0n) is 21.7. The number of aliphatic hydroxyl groups excluding tert-OH is 1. The SMILES string of the molecule is CC1=C[I-]C(OCc2ccc(F)cc2F)=C(Br)C(=O)N1c1cc(C(=O)NCC(O)CC(=O)N(C)C)ccc1C. The van der Waals surface area contributed by atoms with Crippen molar-refractivity contribution in [3.63, 3.8) is 0 Å². The molecule has 0 aliphatic carbocycles. The van der Waals surface area contributed by atoms with E-state index in [0.29, 0.717) is 15.2 Å². The molecule has 2 aromatic rings. The minimum absolute atomic E-state index is 0.114. The first kappa shape index (κ1) is 30.7. The molecule has 1 aliphatic rings. The van der Waals surface area contributed by atoms with E-state index in [1.165, 1.54) is 15.9 Å². The van der Waals surface area contributed by atoms with Crippen molar-refractivity contribution in [3.05, 3.63) is 82.8 Å². The fraction of sp³-hybridized carbons (Fsp3) is 0.296. The second-order valence-corrected chi connectivity index (χ2v) is 12.0.